The molecule has 1 N–H and O–H groups in total. The van der Waals surface area contributed by atoms with Crippen LogP contribution in [0, 0.1) is 22.7 Å². The Morgan fingerprint density at radius 3 is 1.82 bits per heavy atom. The highest BCUT2D eigenvalue weighted by atomic mass is 16.3. The van der Waals surface area contributed by atoms with Gasteiger partial charge in [-0.2, -0.15) is 0 Å². The quantitative estimate of drug-likeness (QED) is 0.411. The maximum Gasteiger partial charge on any atom is 0.0978 e. The zero-order valence-corrected chi connectivity index (χ0v) is 16.4. The highest BCUT2D eigenvalue weighted by molar-refractivity contribution is 5.35. The molecule has 0 aromatic rings. The van der Waals surface area contributed by atoms with Gasteiger partial charge in [0.1, 0.15) is 0 Å². The molecule has 0 spiro atoms. The van der Waals surface area contributed by atoms with Crippen LogP contribution in [0.2, 0.25) is 0 Å². The number of hydrogen-bond donors (Lipinski definition) is 1. The van der Waals surface area contributed by atoms with Crippen LogP contribution in [-0.2, 0) is 0 Å². The average Bonchev–Trinajstić information content (AvgIpc) is 2.32. The molecule has 1 unspecified atom stereocenters. The second-order valence-corrected chi connectivity index (χ2v) is 8.84. The maximum absolute atomic E-state index is 10.5. The Morgan fingerprint density at radius 2 is 1.50 bits per heavy atom. The van der Waals surface area contributed by atoms with Crippen molar-refractivity contribution in [3.05, 3.63) is 35.6 Å². The van der Waals surface area contributed by atoms with Gasteiger partial charge in [-0.05, 0) is 40.9 Å². The van der Waals surface area contributed by atoms with Gasteiger partial charge >= 0.3 is 0 Å². The highest BCUT2D eigenvalue weighted by Gasteiger charge is 2.22. The summed E-state index contributed by atoms with van der Waals surface area (Å²) in [5.74, 6) is 1.44. The summed E-state index contributed by atoms with van der Waals surface area (Å²) < 4.78 is 0. The molecule has 0 aliphatic heterocycles. The topological polar surface area (TPSA) is 20.2 Å². The lowest BCUT2D eigenvalue weighted by atomic mass is 9.79. The van der Waals surface area contributed by atoms with Crippen LogP contribution in [0.1, 0.15) is 75.2 Å². The monoisotopic (exact) mass is 306 g/mol. The van der Waals surface area contributed by atoms with E-state index < -0.39 is 0 Å². The first-order chi connectivity index (χ1) is 9.80. The minimum absolute atomic E-state index is 0.0458. The second kappa shape index (κ2) is 8.04. The fraction of sp³-hybridized carbons (Fsp3) is 0.714. The van der Waals surface area contributed by atoms with E-state index in [1.807, 2.05) is 26.8 Å². The molecular weight excluding hydrogens is 268 g/mol. The van der Waals surface area contributed by atoms with Crippen molar-refractivity contribution in [2.24, 2.45) is 22.7 Å². The van der Waals surface area contributed by atoms with Crippen LogP contribution in [0.5, 0.6) is 0 Å². The number of allylic oxidation sites excluding steroid dienone is 5. The van der Waals surface area contributed by atoms with Crippen LogP contribution in [0.15, 0.2) is 35.6 Å². The normalized spacial score (nSPS) is 16.1. The first kappa shape index (κ1) is 21.0. The standard InChI is InChI=1S/C21H38O/c1-11-12-18(15(2)3)17(13-16(4)20(5,6)7)14-19(22)21(8,9)10/h13-15,18,22H,4,11-12H2,1-3,5-10H3/b17-13+,19-14-. The maximum atomic E-state index is 10.5. The van der Waals surface area contributed by atoms with E-state index in [4.69, 9.17) is 0 Å². The molecule has 0 bridgehead atoms. The molecule has 0 saturated carbocycles. The summed E-state index contributed by atoms with van der Waals surface area (Å²) in [5, 5.41) is 10.5. The van der Waals surface area contributed by atoms with Crippen LogP contribution < -0.4 is 0 Å². The Labute approximate surface area is 139 Å². The average molecular weight is 307 g/mol. The SMILES string of the molecule is C=C(/C=C(\C=C(/O)C(C)(C)C)C(CCC)C(C)C)C(C)(C)C. The summed E-state index contributed by atoms with van der Waals surface area (Å²) in [6.45, 7) is 23.7. The number of hydrogen-bond acceptors (Lipinski definition) is 1. The molecule has 1 atom stereocenters. The fourth-order valence-corrected chi connectivity index (χ4v) is 2.24. The van der Waals surface area contributed by atoms with Crippen LogP contribution in [0.4, 0.5) is 0 Å². The highest BCUT2D eigenvalue weighted by Crippen LogP contribution is 2.34. The van der Waals surface area contributed by atoms with Gasteiger partial charge in [-0.25, -0.2) is 0 Å². The van der Waals surface area contributed by atoms with Gasteiger partial charge in [0.05, 0.1) is 5.76 Å². The van der Waals surface area contributed by atoms with E-state index in [2.05, 4.69) is 54.2 Å². The van der Waals surface area contributed by atoms with Crippen molar-refractivity contribution >= 4 is 0 Å². The lowest BCUT2D eigenvalue weighted by Gasteiger charge is -2.27. The Bertz CT molecular complexity index is 422. The van der Waals surface area contributed by atoms with E-state index in [9.17, 15) is 5.11 Å². The van der Waals surface area contributed by atoms with Gasteiger partial charge in [0.25, 0.3) is 0 Å². The van der Waals surface area contributed by atoms with Crippen molar-refractivity contribution < 1.29 is 5.11 Å². The minimum Gasteiger partial charge on any atom is -0.512 e. The minimum atomic E-state index is -0.226. The van der Waals surface area contributed by atoms with E-state index in [0.717, 1.165) is 18.4 Å². The van der Waals surface area contributed by atoms with Crippen LogP contribution >= 0.6 is 0 Å². The van der Waals surface area contributed by atoms with Gasteiger partial charge in [-0.15, -0.1) is 0 Å². The first-order valence-corrected chi connectivity index (χ1v) is 8.62. The number of rotatable bonds is 6. The molecule has 128 valence electrons. The molecule has 0 fully saturated rings. The zero-order valence-electron chi connectivity index (χ0n) is 16.4. The van der Waals surface area contributed by atoms with Crippen LogP contribution in [0.3, 0.4) is 0 Å². The third-order valence-electron chi connectivity index (χ3n) is 4.21. The van der Waals surface area contributed by atoms with E-state index in [1.54, 1.807) is 0 Å². The molecule has 0 radical (unpaired) electrons. The third-order valence-corrected chi connectivity index (χ3v) is 4.21. The van der Waals surface area contributed by atoms with Gasteiger partial charge in [-0.1, -0.05) is 81.4 Å². The van der Waals surface area contributed by atoms with Crippen LogP contribution in [0.25, 0.3) is 0 Å². The van der Waals surface area contributed by atoms with Gasteiger partial charge in [0.15, 0.2) is 0 Å². The van der Waals surface area contributed by atoms with Gasteiger partial charge < -0.3 is 5.11 Å². The summed E-state index contributed by atoms with van der Waals surface area (Å²) in [5.41, 5.74) is 2.14. The van der Waals surface area contributed by atoms with E-state index in [1.165, 1.54) is 5.57 Å². The summed E-state index contributed by atoms with van der Waals surface area (Å²) in [4.78, 5) is 0. The lowest BCUT2D eigenvalue weighted by Crippen LogP contribution is -2.16. The molecule has 1 nitrogen and oxygen atoms in total. The summed E-state index contributed by atoms with van der Waals surface area (Å²) in [6, 6.07) is 0. The fourth-order valence-electron chi connectivity index (χ4n) is 2.24. The Balaban J connectivity index is 5.88. The Hall–Kier alpha value is -0.980. The number of aliphatic hydroxyl groups excluding tert-OH is 1. The third kappa shape index (κ3) is 6.85. The number of aliphatic hydroxyl groups is 1. The van der Waals surface area contributed by atoms with Crippen LogP contribution in [-0.4, -0.2) is 5.11 Å². The smallest absolute Gasteiger partial charge is 0.0978 e. The second-order valence-electron chi connectivity index (χ2n) is 8.84. The summed E-state index contributed by atoms with van der Waals surface area (Å²) >= 11 is 0. The largest absolute Gasteiger partial charge is 0.512 e. The van der Waals surface area contributed by atoms with Gasteiger partial charge in [0, 0.05) is 5.41 Å². The van der Waals surface area contributed by atoms with E-state index in [-0.39, 0.29) is 10.8 Å². The Kier molecular flexibility index (Phi) is 7.68. The van der Waals surface area contributed by atoms with Crippen molar-refractivity contribution in [2.75, 3.05) is 0 Å². The molecule has 0 aromatic heterocycles. The molecule has 22 heavy (non-hydrogen) atoms. The van der Waals surface area contributed by atoms with Crippen molar-refractivity contribution in [1.82, 2.24) is 0 Å². The molecule has 0 rings (SSSR count). The Morgan fingerprint density at radius 1 is 1.00 bits per heavy atom. The molecule has 1 heteroatoms. The lowest BCUT2D eigenvalue weighted by molar-refractivity contribution is 0.275. The molecule has 0 heterocycles. The van der Waals surface area contributed by atoms with Crippen molar-refractivity contribution in [1.29, 1.82) is 0 Å². The van der Waals surface area contributed by atoms with Gasteiger partial charge in [0.2, 0.25) is 0 Å². The first-order valence-electron chi connectivity index (χ1n) is 8.62. The summed E-state index contributed by atoms with van der Waals surface area (Å²) in [7, 11) is 0. The predicted molar refractivity (Wildman–Crippen MR) is 100 cm³/mol. The molecule has 0 saturated heterocycles. The summed E-state index contributed by atoms with van der Waals surface area (Å²) in [6.07, 6.45) is 6.46. The van der Waals surface area contributed by atoms with Crippen molar-refractivity contribution in [3.63, 3.8) is 0 Å². The molecule has 0 aromatic carbocycles. The molecule has 0 amide bonds. The molecule has 0 aliphatic rings. The zero-order chi connectivity index (χ0) is 17.7. The molecular formula is C21H38O. The van der Waals surface area contributed by atoms with Crippen molar-refractivity contribution in [3.8, 4) is 0 Å². The van der Waals surface area contributed by atoms with Gasteiger partial charge in [-0.3, -0.25) is 0 Å². The molecule has 0 aliphatic carbocycles. The van der Waals surface area contributed by atoms with E-state index in [0.29, 0.717) is 17.6 Å². The van der Waals surface area contributed by atoms with Crippen molar-refractivity contribution in [2.45, 2.75) is 75.2 Å². The predicted octanol–water partition coefficient (Wildman–Crippen LogP) is 7.08. The van der Waals surface area contributed by atoms with E-state index >= 15 is 0 Å².